The van der Waals surface area contributed by atoms with Crippen LogP contribution in [0.25, 0.3) is 0 Å². The topological polar surface area (TPSA) is 57.6 Å². The van der Waals surface area contributed by atoms with Crippen molar-refractivity contribution < 1.29 is 14.7 Å². The van der Waals surface area contributed by atoms with Gasteiger partial charge in [0.15, 0.2) is 0 Å². The van der Waals surface area contributed by atoms with Gasteiger partial charge in [-0.05, 0) is 25.5 Å². The highest BCUT2D eigenvalue weighted by molar-refractivity contribution is 8.00. The van der Waals surface area contributed by atoms with Gasteiger partial charge in [-0.25, -0.2) is 4.79 Å². The Labute approximate surface area is 126 Å². The van der Waals surface area contributed by atoms with Gasteiger partial charge in [-0.1, -0.05) is 17.7 Å². The molecule has 0 saturated carbocycles. The summed E-state index contributed by atoms with van der Waals surface area (Å²) in [5.74, 6) is 0.223. The molecule has 0 spiro atoms. The zero-order valence-electron chi connectivity index (χ0n) is 11.5. The molecule has 4 nitrogen and oxygen atoms in total. The van der Waals surface area contributed by atoms with Crippen LogP contribution in [-0.4, -0.2) is 45.3 Å². The summed E-state index contributed by atoms with van der Waals surface area (Å²) < 4.78 is 0. The molecule has 20 heavy (non-hydrogen) atoms. The van der Waals surface area contributed by atoms with Gasteiger partial charge in [0.25, 0.3) is 0 Å². The number of amides is 1. The normalized spacial score (nSPS) is 18.3. The number of hydrogen-bond donors (Lipinski definition) is 1. The molecule has 108 valence electrons. The molecule has 1 saturated heterocycles. The lowest BCUT2D eigenvalue weighted by molar-refractivity contribution is -0.146. The first-order chi connectivity index (χ1) is 9.49. The summed E-state index contributed by atoms with van der Waals surface area (Å²) in [5, 5.41) is 9.08. The summed E-state index contributed by atoms with van der Waals surface area (Å²) in [4.78, 5) is 25.8. The Morgan fingerprint density at radius 3 is 2.90 bits per heavy atom. The number of rotatable bonds is 4. The molecule has 0 aromatic heterocycles. The van der Waals surface area contributed by atoms with E-state index in [1.54, 1.807) is 0 Å². The average molecular weight is 311 g/mol. The number of aliphatic carboxylic acids is 1. The number of thioether (sulfide) groups is 2. The van der Waals surface area contributed by atoms with Crippen molar-refractivity contribution in [3.63, 3.8) is 0 Å². The van der Waals surface area contributed by atoms with E-state index in [1.165, 1.54) is 28.4 Å². The van der Waals surface area contributed by atoms with E-state index in [0.29, 0.717) is 11.6 Å². The summed E-state index contributed by atoms with van der Waals surface area (Å²) in [6, 6.07) is 5.46. The second-order valence-corrected chi connectivity index (χ2v) is 6.79. The minimum Gasteiger partial charge on any atom is -0.480 e. The Morgan fingerprint density at radius 1 is 1.45 bits per heavy atom. The van der Waals surface area contributed by atoms with Gasteiger partial charge in [0.1, 0.15) is 6.04 Å². The number of nitrogens with zero attached hydrogens (tertiary/aromatic N) is 1. The van der Waals surface area contributed by atoms with Crippen molar-refractivity contribution in [1.29, 1.82) is 0 Å². The minimum atomic E-state index is -0.917. The van der Waals surface area contributed by atoms with Gasteiger partial charge in [-0.3, -0.25) is 4.79 Å². The zero-order chi connectivity index (χ0) is 14.7. The molecule has 1 unspecified atom stereocenters. The molecular weight excluding hydrogens is 294 g/mol. The SMILES string of the molecule is Cc1ccc(C)c(SCC(=O)N2CSCC2C(=O)O)c1. The van der Waals surface area contributed by atoms with Crippen LogP contribution in [0.3, 0.4) is 0 Å². The van der Waals surface area contributed by atoms with E-state index >= 15 is 0 Å². The number of carboxylic acids is 1. The standard InChI is InChI=1S/C14H17NO3S2/c1-9-3-4-10(2)12(5-9)20-7-13(16)15-8-19-6-11(15)14(17)18/h3-5,11H,6-8H2,1-2H3,(H,17,18). The van der Waals surface area contributed by atoms with E-state index in [9.17, 15) is 9.59 Å². The summed E-state index contributed by atoms with van der Waals surface area (Å²) >= 11 is 2.97. The van der Waals surface area contributed by atoms with Crippen LogP contribution in [0.5, 0.6) is 0 Å². The van der Waals surface area contributed by atoms with Gasteiger partial charge in [0.05, 0.1) is 11.6 Å². The van der Waals surface area contributed by atoms with E-state index in [2.05, 4.69) is 6.07 Å². The molecule has 0 radical (unpaired) electrons. The minimum absolute atomic E-state index is 0.103. The number of hydrogen-bond acceptors (Lipinski definition) is 4. The van der Waals surface area contributed by atoms with Crippen molar-refractivity contribution in [3.05, 3.63) is 29.3 Å². The second-order valence-electron chi connectivity index (χ2n) is 4.78. The maximum atomic E-state index is 12.2. The second kappa shape index (κ2) is 6.54. The van der Waals surface area contributed by atoms with Crippen LogP contribution in [0.15, 0.2) is 23.1 Å². The van der Waals surface area contributed by atoms with Crippen LogP contribution in [0.2, 0.25) is 0 Å². The van der Waals surface area contributed by atoms with E-state index in [0.717, 1.165) is 16.0 Å². The van der Waals surface area contributed by atoms with Crippen LogP contribution < -0.4 is 0 Å². The Bertz CT molecular complexity index is 533. The van der Waals surface area contributed by atoms with Gasteiger partial charge in [-0.2, -0.15) is 0 Å². The highest BCUT2D eigenvalue weighted by atomic mass is 32.2. The summed E-state index contributed by atoms with van der Waals surface area (Å²) in [6.45, 7) is 4.03. The smallest absolute Gasteiger partial charge is 0.327 e. The van der Waals surface area contributed by atoms with Gasteiger partial charge in [0.2, 0.25) is 5.91 Å². The van der Waals surface area contributed by atoms with E-state index in [1.807, 2.05) is 26.0 Å². The number of aryl methyl sites for hydroxylation is 2. The van der Waals surface area contributed by atoms with Crippen LogP contribution in [-0.2, 0) is 9.59 Å². The molecule has 1 N–H and O–H groups in total. The fourth-order valence-corrected chi connectivity index (χ4v) is 4.16. The fourth-order valence-electron chi connectivity index (χ4n) is 1.98. The predicted molar refractivity (Wildman–Crippen MR) is 82.2 cm³/mol. The van der Waals surface area contributed by atoms with Gasteiger partial charge in [0, 0.05) is 10.6 Å². The zero-order valence-corrected chi connectivity index (χ0v) is 13.1. The molecule has 1 aromatic rings. The summed E-state index contributed by atoms with van der Waals surface area (Å²) in [7, 11) is 0. The first kappa shape index (κ1) is 15.3. The van der Waals surface area contributed by atoms with Gasteiger partial charge in [-0.15, -0.1) is 23.5 Å². The van der Waals surface area contributed by atoms with Crippen LogP contribution in [0.1, 0.15) is 11.1 Å². The van der Waals surface area contributed by atoms with Gasteiger partial charge < -0.3 is 10.0 Å². The van der Waals surface area contributed by atoms with Crippen molar-refractivity contribution in [3.8, 4) is 0 Å². The summed E-state index contributed by atoms with van der Waals surface area (Å²) in [5.41, 5.74) is 2.30. The monoisotopic (exact) mass is 311 g/mol. The first-order valence-electron chi connectivity index (χ1n) is 6.29. The van der Waals surface area contributed by atoms with Crippen molar-refractivity contribution >= 4 is 35.4 Å². The van der Waals surface area contributed by atoms with Gasteiger partial charge >= 0.3 is 5.97 Å². The van der Waals surface area contributed by atoms with Crippen molar-refractivity contribution in [2.45, 2.75) is 24.8 Å². The van der Waals surface area contributed by atoms with Crippen molar-refractivity contribution in [2.24, 2.45) is 0 Å². The molecule has 1 atom stereocenters. The molecule has 0 aliphatic carbocycles. The molecule has 1 fully saturated rings. The number of carbonyl (C=O) groups excluding carboxylic acids is 1. The maximum Gasteiger partial charge on any atom is 0.327 e. The van der Waals surface area contributed by atoms with E-state index in [-0.39, 0.29) is 11.7 Å². The van der Waals surface area contributed by atoms with Crippen LogP contribution >= 0.6 is 23.5 Å². The van der Waals surface area contributed by atoms with E-state index < -0.39 is 12.0 Å². The predicted octanol–water partition coefficient (Wildman–Crippen LogP) is 2.38. The number of carboxylic acid groups (broad SMARTS) is 1. The highest BCUT2D eigenvalue weighted by Crippen LogP contribution is 2.26. The quantitative estimate of drug-likeness (QED) is 0.865. The molecule has 0 bridgehead atoms. The van der Waals surface area contributed by atoms with Crippen LogP contribution in [0, 0.1) is 13.8 Å². The van der Waals surface area contributed by atoms with Crippen molar-refractivity contribution in [2.75, 3.05) is 17.4 Å². The molecule has 1 amide bonds. The molecule has 1 heterocycles. The molecule has 2 rings (SSSR count). The lowest BCUT2D eigenvalue weighted by atomic mass is 10.2. The average Bonchev–Trinajstić information content (AvgIpc) is 2.89. The first-order valence-corrected chi connectivity index (χ1v) is 8.43. The number of carbonyl (C=O) groups is 2. The Balaban J connectivity index is 1.98. The molecule has 1 aliphatic heterocycles. The Kier molecular flexibility index (Phi) is 4.99. The maximum absolute atomic E-state index is 12.2. The third-order valence-electron chi connectivity index (χ3n) is 3.18. The third kappa shape index (κ3) is 3.49. The Morgan fingerprint density at radius 2 is 2.20 bits per heavy atom. The lowest BCUT2D eigenvalue weighted by Crippen LogP contribution is -2.42. The molecule has 6 heteroatoms. The Hall–Kier alpha value is -1.14. The summed E-state index contributed by atoms with van der Waals surface area (Å²) in [6.07, 6.45) is 0. The molecular formula is C14H17NO3S2. The van der Waals surface area contributed by atoms with E-state index in [4.69, 9.17) is 5.11 Å². The fraction of sp³-hybridized carbons (Fsp3) is 0.429. The molecule has 1 aromatic carbocycles. The highest BCUT2D eigenvalue weighted by Gasteiger charge is 2.34. The number of benzene rings is 1. The molecule has 1 aliphatic rings. The van der Waals surface area contributed by atoms with Crippen molar-refractivity contribution in [1.82, 2.24) is 4.90 Å². The lowest BCUT2D eigenvalue weighted by Gasteiger charge is -2.20. The van der Waals surface area contributed by atoms with Crippen LogP contribution in [0.4, 0.5) is 0 Å². The third-order valence-corrected chi connectivity index (χ3v) is 5.34. The largest absolute Gasteiger partial charge is 0.480 e.